The van der Waals surface area contributed by atoms with E-state index in [2.05, 4.69) is 11.5 Å². The smallest absolute Gasteiger partial charge is 0.306 e. The van der Waals surface area contributed by atoms with Gasteiger partial charge in [0.25, 0.3) is 0 Å². The van der Waals surface area contributed by atoms with Crippen molar-refractivity contribution in [3.63, 3.8) is 0 Å². The highest BCUT2D eigenvalue weighted by atomic mass is 17.1. The monoisotopic (exact) mass is 188 g/mol. The molecule has 0 aliphatic rings. The third kappa shape index (κ3) is 7.49. The number of unbranched alkanes of at least 4 members (excludes halogenated alkanes) is 2. The molecule has 0 saturated heterocycles. The van der Waals surface area contributed by atoms with E-state index < -0.39 is 12.1 Å². The quantitative estimate of drug-likeness (QED) is 0.265. The molecule has 0 bridgehead atoms. The van der Waals surface area contributed by atoms with E-state index in [9.17, 15) is 4.79 Å². The van der Waals surface area contributed by atoms with Gasteiger partial charge in [-0.05, 0) is 19.3 Å². The molecule has 0 rings (SSSR count). The van der Waals surface area contributed by atoms with Crippen LogP contribution in [-0.4, -0.2) is 22.4 Å². The fourth-order valence-electron chi connectivity index (χ4n) is 1.05. The highest BCUT2D eigenvalue weighted by Gasteiger charge is 2.12. The molecule has 4 nitrogen and oxygen atoms in total. The van der Waals surface area contributed by atoms with E-state index >= 15 is 0 Å². The van der Waals surface area contributed by atoms with Crippen LogP contribution in [0.1, 0.15) is 32.1 Å². The van der Waals surface area contributed by atoms with Crippen molar-refractivity contribution in [1.82, 2.24) is 0 Å². The lowest BCUT2D eigenvalue weighted by atomic mass is 10.1. The Hall–Kier alpha value is -0.870. The molecule has 0 heterocycles. The maximum absolute atomic E-state index is 10.3. The highest BCUT2D eigenvalue weighted by Crippen LogP contribution is 2.09. The van der Waals surface area contributed by atoms with Crippen LogP contribution in [0, 0.1) is 0 Å². The van der Waals surface area contributed by atoms with Crippen molar-refractivity contribution in [3.05, 3.63) is 12.7 Å². The van der Waals surface area contributed by atoms with Crippen LogP contribution in [-0.2, 0) is 9.68 Å². The zero-order valence-corrected chi connectivity index (χ0v) is 7.61. The molecule has 0 fully saturated rings. The second kappa shape index (κ2) is 7.76. The molecule has 76 valence electrons. The van der Waals surface area contributed by atoms with Crippen LogP contribution in [0.2, 0.25) is 0 Å². The third-order valence-corrected chi connectivity index (χ3v) is 1.74. The van der Waals surface area contributed by atoms with Gasteiger partial charge in [0.1, 0.15) is 6.10 Å². The molecule has 0 aliphatic carbocycles. The predicted molar refractivity (Wildman–Crippen MR) is 48.4 cm³/mol. The Kier molecular flexibility index (Phi) is 7.24. The molecule has 13 heavy (non-hydrogen) atoms. The minimum Gasteiger partial charge on any atom is -0.481 e. The fourth-order valence-corrected chi connectivity index (χ4v) is 1.05. The number of aliphatic carboxylic acids is 1. The lowest BCUT2D eigenvalue weighted by Gasteiger charge is -2.09. The first-order chi connectivity index (χ1) is 6.20. The first-order valence-corrected chi connectivity index (χ1v) is 4.33. The molecule has 1 atom stereocenters. The van der Waals surface area contributed by atoms with Crippen LogP contribution < -0.4 is 0 Å². The Balaban J connectivity index is 3.47. The second-order valence-electron chi connectivity index (χ2n) is 2.90. The van der Waals surface area contributed by atoms with Gasteiger partial charge in [0.05, 0.1) is 6.42 Å². The largest absolute Gasteiger partial charge is 0.481 e. The second-order valence-corrected chi connectivity index (χ2v) is 2.90. The van der Waals surface area contributed by atoms with Crippen LogP contribution >= 0.6 is 0 Å². The normalized spacial score (nSPS) is 12.4. The van der Waals surface area contributed by atoms with Crippen molar-refractivity contribution in [2.24, 2.45) is 0 Å². The summed E-state index contributed by atoms with van der Waals surface area (Å²) in [5, 5.41) is 16.8. The van der Waals surface area contributed by atoms with Gasteiger partial charge < -0.3 is 5.11 Å². The molecule has 0 radical (unpaired) electrons. The molecule has 2 N–H and O–H groups in total. The topological polar surface area (TPSA) is 66.8 Å². The van der Waals surface area contributed by atoms with Crippen molar-refractivity contribution < 1.29 is 20.0 Å². The SMILES string of the molecule is C=CCCCCC(CC(=O)O)OO. The van der Waals surface area contributed by atoms with E-state index in [4.69, 9.17) is 10.4 Å². The average Bonchev–Trinajstić information content (AvgIpc) is 2.09. The summed E-state index contributed by atoms with van der Waals surface area (Å²) in [6, 6.07) is 0. The van der Waals surface area contributed by atoms with Crippen LogP contribution in [0.3, 0.4) is 0 Å². The molecular formula is C9H16O4. The Labute approximate surface area is 77.8 Å². The summed E-state index contributed by atoms with van der Waals surface area (Å²) in [5.41, 5.74) is 0. The third-order valence-electron chi connectivity index (χ3n) is 1.74. The number of hydrogen-bond donors (Lipinski definition) is 2. The molecule has 1 unspecified atom stereocenters. The predicted octanol–water partition coefficient (Wildman–Crippen LogP) is 2.07. The van der Waals surface area contributed by atoms with Gasteiger partial charge >= 0.3 is 5.97 Å². The van der Waals surface area contributed by atoms with E-state index in [1.54, 1.807) is 0 Å². The molecule has 0 aromatic heterocycles. The summed E-state index contributed by atoms with van der Waals surface area (Å²) < 4.78 is 0. The number of rotatable bonds is 8. The van der Waals surface area contributed by atoms with Gasteiger partial charge in [-0.2, -0.15) is 0 Å². The van der Waals surface area contributed by atoms with Gasteiger partial charge in [-0.25, -0.2) is 4.89 Å². The standard InChI is InChI=1S/C9H16O4/c1-2-3-4-5-6-8(13-12)7-9(10)11/h2,8,12H,1,3-7H2,(H,10,11). The molecule has 0 aromatic carbocycles. The highest BCUT2D eigenvalue weighted by molar-refractivity contribution is 5.67. The van der Waals surface area contributed by atoms with Crippen molar-refractivity contribution in [2.75, 3.05) is 0 Å². The lowest BCUT2D eigenvalue weighted by molar-refractivity contribution is -0.280. The molecule has 0 aliphatic heterocycles. The lowest BCUT2D eigenvalue weighted by Crippen LogP contribution is -2.15. The molecule has 0 amide bonds. The van der Waals surface area contributed by atoms with E-state index in [0.29, 0.717) is 6.42 Å². The zero-order chi connectivity index (χ0) is 10.1. The maximum atomic E-state index is 10.3. The van der Waals surface area contributed by atoms with Gasteiger partial charge in [0.15, 0.2) is 0 Å². The van der Waals surface area contributed by atoms with Crippen LogP contribution in [0.25, 0.3) is 0 Å². The average molecular weight is 188 g/mol. The Bertz CT molecular complexity index is 156. The van der Waals surface area contributed by atoms with Crippen LogP contribution in [0.5, 0.6) is 0 Å². The van der Waals surface area contributed by atoms with Crippen molar-refractivity contribution in [1.29, 1.82) is 0 Å². The van der Waals surface area contributed by atoms with Crippen LogP contribution in [0.4, 0.5) is 0 Å². The van der Waals surface area contributed by atoms with E-state index in [0.717, 1.165) is 19.3 Å². The minimum atomic E-state index is -0.956. The minimum absolute atomic E-state index is 0.148. The number of carboxylic acid groups (broad SMARTS) is 1. The van der Waals surface area contributed by atoms with Gasteiger partial charge in [-0.3, -0.25) is 10.1 Å². The van der Waals surface area contributed by atoms with Crippen molar-refractivity contribution in [3.8, 4) is 0 Å². The van der Waals surface area contributed by atoms with Crippen molar-refractivity contribution in [2.45, 2.75) is 38.2 Å². The summed E-state index contributed by atoms with van der Waals surface area (Å²) in [5.74, 6) is -0.956. The van der Waals surface area contributed by atoms with Gasteiger partial charge in [-0.15, -0.1) is 6.58 Å². The van der Waals surface area contributed by atoms with Gasteiger partial charge in [0, 0.05) is 0 Å². The molecule has 0 spiro atoms. The molecule has 0 aromatic rings. The number of carbonyl (C=O) groups is 1. The summed E-state index contributed by atoms with van der Waals surface area (Å²) >= 11 is 0. The van der Waals surface area contributed by atoms with Gasteiger partial charge in [-0.1, -0.05) is 12.5 Å². The van der Waals surface area contributed by atoms with E-state index in [1.807, 2.05) is 6.08 Å². The number of allylic oxidation sites excluding steroid dienone is 1. The summed E-state index contributed by atoms with van der Waals surface area (Å²) in [6.07, 6.45) is 4.34. The van der Waals surface area contributed by atoms with E-state index in [-0.39, 0.29) is 6.42 Å². The van der Waals surface area contributed by atoms with Crippen molar-refractivity contribution >= 4 is 5.97 Å². The molecule has 0 saturated carbocycles. The first-order valence-electron chi connectivity index (χ1n) is 4.33. The molecule has 4 heteroatoms. The number of carboxylic acids is 1. The van der Waals surface area contributed by atoms with E-state index in [1.165, 1.54) is 0 Å². The number of hydrogen-bond acceptors (Lipinski definition) is 3. The van der Waals surface area contributed by atoms with Crippen LogP contribution in [0.15, 0.2) is 12.7 Å². The first kappa shape index (κ1) is 12.1. The Morgan fingerprint density at radius 3 is 2.69 bits per heavy atom. The molecular weight excluding hydrogens is 172 g/mol. The zero-order valence-electron chi connectivity index (χ0n) is 7.61. The summed E-state index contributed by atoms with van der Waals surface area (Å²) in [7, 11) is 0. The maximum Gasteiger partial charge on any atom is 0.306 e. The Morgan fingerprint density at radius 2 is 2.23 bits per heavy atom. The summed E-state index contributed by atoms with van der Waals surface area (Å²) in [6.45, 7) is 3.57. The fraction of sp³-hybridized carbons (Fsp3) is 0.667. The Morgan fingerprint density at radius 1 is 1.54 bits per heavy atom. The van der Waals surface area contributed by atoms with Gasteiger partial charge in [0.2, 0.25) is 0 Å². The summed E-state index contributed by atoms with van der Waals surface area (Å²) in [4.78, 5) is 14.3.